The standard InChI is InChI=1S/C17H24N2S3/c1-3-5-7-13-9-15(21-11-13)18-17(20)19-16-10-14(12-22-16)8-6-4-2/h9-12H,3-8H2,1-2H3,(H2,18,19,20). The highest BCUT2D eigenvalue weighted by Crippen LogP contribution is 2.24. The molecule has 120 valence electrons. The second-order valence-corrected chi connectivity index (χ2v) is 7.66. The predicted octanol–water partition coefficient (Wildman–Crippen LogP) is 6.30. The molecule has 0 aromatic carbocycles. The molecule has 2 aromatic heterocycles. The maximum Gasteiger partial charge on any atom is 0.176 e. The van der Waals surface area contributed by atoms with Crippen LogP contribution in [0.3, 0.4) is 0 Å². The van der Waals surface area contributed by atoms with E-state index in [1.54, 1.807) is 22.7 Å². The Balaban J connectivity index is 1.82. The van der Waals surface area contributed by atoms with E-state index in [1.165, 1.54) is 36.8 Å². The van der Waals surface area contributed by atoms with Crippen LogP contribution in [-0.4, -0.2) is 5.11 Å². The van der Waals surface area contributed by atoms with E-state index in [0.29, 0.717) is 5.11 Å². The van der Waals surface area contributed by atoms with Gasteiger partial charge in [-0.25, -0.2) is 0 Å². The van der Waals surface area contributed by atoms with Crippen molar-refractivity contribution < 1.29 is 0 Å². The molecule has 0 amide bonds. The molecule has 0 atom stereocenters. The Morgan fingerprint density at radius 1 is 0.909 bits per heavy atom. The lowest BCUT2D eigenvalue weighted by molar-refractivity contribution is 0.797. The molecule has 0 saturated heterocycles. The van der Waals surface area contributed by atoms with Crippen molar-refractivity contribution in [1.82, 2.24) is 0 Å². The number of thiocarbonyl (C=S) groups is 1. The van der Waals surface area contributed by atoms with Gasteiger partial charge in [-0.3, -0.25) is 0 Å². The van der Waals surface area contributed by atoms with Gasteiger partial charge in [-0.2, -0.15) is 0 Å². The van der Waals surface area contributed by atoms with E-state index >= 15 is 0 Å². The molecule has 2 nitrogen and oxygen atoms in total. The molecule has 0 aliphatic heterocycles. The molecular weight excluding hydrogens is 328 g/mol. The third kappa shape index (κ3) is 5.71. The first-order valence-corrected chi connectivity index (χ1v) is 10.1. The zero-order chi connectivity index (χ0) is 15.8. The molecule has 0 fully saturated rings. The third-order valence-corrected chi connectivity index (χ3v) is 5.41. The summed E-state index contributed by atoms with van der Waals surface area (Å²) in [7, 11) is 0. The van der Waals surface area contributed by atoms with E-state index in [0.717, 1.165) is 22.8 Å². The Hall–Kier alpha value is -0.910. The van der Waals surface area contributed by atoms with Crippen molar-refractivity contribution in [3.63, 3.8) is 0 Å². The molecule has 2 heterocycles. The fourth-order valence-electron chi connectivity index (χ4n) is 2.16. The fourth-order valence-corrected chi connectivity index (χ4v) is 4.20. The van der Waals surface area contributed by atoms with Crippen molar-refractivity contribution in [2.45, 2.75) is 52.4 Å². The van der Waals surface area contributed by atoms with Crippen molar-refractivity contribution in [2.24, 2.45) is 0 Å². The van der Waals surface area contributed by atoms with Crippen LogP contribution in [0.1, 0.15) is 50.7 Å². The minimum atomic E-state index is 0.674. The van der Waals surface area contributed by atoms with Crippen LogP contribution >= 0.6 is 34.9 Å². The number of hydrogen-bond donors (Lipinski definition) is 2. The fraction of sp³-hybridized carbons (Fsp3) is 0.471. The Morgan fingerprint density at radius 3 is 1.77 bits per heavy atom. The molecule has 0 spiro atoms. The number of anilines is 2. The molecule has 0 unspecified atom stereocenters. The zero-order valence-corrected chi connectivity index (χ0v) is 15.7. The van der Waals surface area contributed by atoms with E-state index in [4.69, 9.17) is 12.2 Å². The lowest BCUT2D eigenvalue weighted by Crippen LogP contribution is -2.17. The Morgan fingerprint density at radius 2 is 1.36 bits per heavy atom. The molecule has 0 saturated carbocycles. The second-order valence-electron chi connectivity index (χ2n) is 5.42. The van der Waals surface area contributed by atoms with Crippen molar-refractivity contribution in [3.8, 4) is 0 Å². The van der Waals surface area contributed by atoms with Gasteiger partial charge < -0.3 is 10.6 Å². The molecule has 0 aliphatic carbocycles. The van der Waals surface area contributed by atoms with Crippen molar-refractivity contribution in [2.75, 3.05) is 10.6 Å². The van der Waals surface area contributed by atoms with Crippen LogP contribution in [0, 0.1) is 0 Å². The Kier molecular flexibility index (Phi) is 7.36. The van der Waals surface area contributed by atoms with Gasteiger partial charge in [0.05, 0.1) is 10.0 Å². The molecule has 22 heavy (non-hydrogen) atoms. The topological polar surface area (TPSA) is 24.1 Å². The number of thiophene rings is 2. The van der Waals surface area contributed by atoms with Gasteiger partial charge in [0.1, 0.15) is 0 Å². The quantitative estimate of drug-likeness (QED) is 0.545. The lowest BCUT2D eigenvalue weighted by atomic mass is 10.1. The van der Waals surface area contributed by atoms with E-state index in [1.807, 2.05) is 0 Å². The summed E-state index contributed by atoms with van der Waals surface area (Å²) in [6.45, 7) is 4.45. The van der Waals surface area contributed by atoms with Crippen LogP contribution < -0.4 is 10.6 Å². The average Bonchev–Trinajstić information content (AvgIpc) is 3.12. The van der Waals surface area contributed by atoms with Gasteiger partial charge in [-0.1, -0.05) is 26.7 Å². The number of rotatable bonds is 8. The summed E-state index contributed by atoms with van der Waals surface area (Å²) in [6, 6.07) is 4.41. The molecule has 5 heteroatoms. The lowest BCUT2D eigenvalue weighted by Gasteiger charge is -2.06. The highest BCUT2D eigenvalue weighted by atomic mass is 32.1. The van der Waals surface area contributed by atoms with Crippen LogP contribution in [0.5, 0.6) is 0 Å². The number of nitrogens with one attached hydrogen (secondary N) is 2. The maximum absolute atomic E-state index is 5.40. The van der Waals surface area contributed by atoms with Gasteiger partial charge in [0.25, 0.3) is 0 Å². The Bertz CT molecular complexity index is 536. The van der Waals surface area contributed by atoms with Crippen LogP contribution in [-0.2, 0) is 12.8 Å². The minimum Gasteiger partial charge on any atom is -0.324 e. The molecule has 0 bridgehead atoms. The SMILES string of the molecule is CCCCc1csc(NC(=S)Nc2cc(CCCC)cs2)c1. The summed E-state index contributed by atoms with van der Waals surface area (Å²) in [6.07, 6.45) is 7.26. The number of hydrogen-bond acceptors (Lipinski definition) is 3. The molecule has 0 radical (unpaired) electrons. The molecular formula is C17H24N2S3. The van der Waals surface area contributed by atoms with E-state index in [-0.39, 0.29) is 0 Å². The van der Waals surface area contributed by atoms with Gasteiger partial charge in [-0.05, 0) is 71.9 Å². The van der Waals surface area contributed by atoms with Crippen LogP contribution in [0.4, 0.5) is 10.0 Å². The molecule has 2 rings (SSSR count). The smallest absolute Gasteiger partial charge is 0.176 e. The van der Waals surface area contributed by atoms with Crippen molar-refractivity contribution >= 4 is 50.0 Å². The second kappa shape index (κ2) is 9.28. The van der Waals surface area contributed by atoms with Crippen LogP contribution in [0.2, 0.25) is 0 Å². The number of unbranched alkanes of at least 4 members (excludes halogenated alkanes) is 2. The normalized spacial score (nSPS) is 10.6. The first-order valence-electron chi connectivity index (χ1n) is 7.94. The van der Waals surface area contributed by atoms with Gasteiger partial charge in [-0.15, -0.1) is 22.7 Å². The summed E-state index contributed by atoms with van der Waals surface area (Å²) < 4.78 is 0. The molecule has 2 N–H and O–H groups in total. The first-order chi connectivity index (χ1) is 10.7. The van der Waals surface area contributed by atoms with Crippen molar-refractivity contribution in [1.29, 1.82) is 0 Å². The highest BCUT2D eigenvalue weighted by molar-refractivity contribution is 7.80. The monoisotopic (exact) mass is 352 g/mol. The minimum absolute atomic E-state index is 0.674. The van der Waals surface area contributed by atoms with E-state index in [9.17, 15) is 0 Å². The van der Waals surface area contributed by atoms with Gasteiger partial charge >= 0.3 is 0 Å². The van der Waals surface area contributed by atoms with E-state index < -0.39 is 0 Å². The first kappa shape index (κ1) is 17.4. The summed E-state index contributed by atoms with van der Waals surface area (Å²) in [5.41, 5.74) is 2.80. The predicted molar refractivity (Wildman–Crippen MR) is 106 cm³/mol. The van der Waals surface area contributed by atoms with Crippen molar-refractivity contribution in [3.05, 3.63) is 34.0 Å². The van der Waals surface area contributed by atoms with Gasteiger partial charge in [0, 0.05) is 0 Å². The van der Waals surface area contributed by atoms with Crippen LogP contribution in [0.25, 0.3) is 0 Å². The summed E-state index contributed by atoms with van der Waals surface area (Å²) in [5, 5.41) is 13.9. The van der Waals surface area contributed by atoms with Crippen LogP contribution in [0.15, 0.2) is 22.9 Å². The maximum atomic E-state index is 5.40. The summed E-state index contributed by atoms with van der Waals surface area (Å²) in [4.78, 5) is 0. The van der Waals surface area contributed by atoms with Gasteiger partial charge in [0.2, 0.25) is 0 Å². The zero-order valence-electron chi connectivity index (χ0n) is 13.3. The van der Waals surface area contributed by atoms with E-state index in [2.05, 4.69) is 47.4 Å². The summed E-state index contributed by atoms with van der Waals surface area (Å²) in [5.74, 6) is 0. The molecule has 2 aromatic rings. The Labute approximate surface area is 147 Å². The highest BCUT2D eigenvalue weighted by Gasteiger charge is 2.05. The third-order valence-electron chi connectivity index (χ3n) is 3.42. The number of aryl methyl sites for hydroxylation is 2. The van der Waals surface area contributed by atoms with Gasteiger partial charge in [0.15, 0.2) is 5.11 Å². The summed E-state index contributed by atoms with van der Waals surface area (Å²) >= 11 is 8.84. The largest absolute Gasteiger partial charge is 0.324 e. The average molecular weight is 353 g/mol. The molecule has 0 aliphatic rings.